The van der Waals surface area contributed by atoms with Crippen LogP contribution in [0.2, 0.25) is 0 Å². The van der Waals surface area contributed by atoms with Gasteiger partial charge in [0.1, 0.15) is 23.9 Å². The molecule has 2 amide bonds. The van der Waals surface area contributed by atoms with Crippen LogP contribution in [0.5, 0.6) is 5.75 Å². The van der Waals surface area contributed by atoms with Gasteiger partial charge in [-0.2, -0.15) is 0 Å². The number of hydrogen-bond acceptors (Lipinski definition) is 6. The zero-order valence-corrected chi connectivity index (χ0v) is 15.2. The van der Waals surface area contributed by atoms with Gasteiger partial charge in [0, 0.05) is 5.56 Å². The summed E-state index contributed by atoms with van der Waals surface area (Å²) in [6.45, 7) is 5.59. The first kappa shape index (κ1) is 18.2. The third-order valence-electron chi connectivity index (χ3n) is 4.05. The van der Waals surface area contributed by atoms with E-state index in [1.807, 2.05) is 13.8 Å². The normalized spacial score (nSPS) is 10.5. The zero-order chi connectivity index (χ0) is 19.4. The number of aryl methyl sites for hydroxylation is 3. The summed E-state index contributed by atoms with van der Waals surface area (Å²) in [6.07, 6.45) is 1.41. The van der Waals surface area contributed by atoms with Crippen LogP contribution in [0.25, 0.3) is 0 Å². The van der Waals surface area contributed by atoms with Gasteiger partial charge in [-0.1, -0.05) is 11.2 Å². The minimum atomic E-state index is -0.465. The fraction of sp³-hybridized carbons (Fsp3) is 0.211. The summed E-state index contributed by atoms with van der Waals surface area (Å²) >= 11 is 0. The van der Waals surface area contributed by atoms with E-state index >= 15 is 0 Å². The number of hydrazine groups is 1. The van der Waals surface area contributed by atoms with Crippen molar-refractivity contribution in [2.24, 2.45) is 0 Å². The summed E-state index contributed by atoms with van der Waals surface area (Å²) in [7, 11) is 0. The summed E-state index contributed by atoms with van der Waals surface area (Å²) in [5, 5.41) is 3.88. The number of nitrogens with one attached hydrogen (secondary N) is 2. The van der Waals surface area contributed by atoms with E-state index in [0.717, 1.165) is 11.3 Å². The summed E-state index contributed by atoms with van der Waals surface area (Å²) < 4.78 is 15.9. The van der Waals surface area contributed by atoms with Gasteiger partial charge < -0.3 is 13.7 Å². The molecule has 0 fully saturated rings. The second-order valence-electron chi connectivity index (χ2n) is 5.92. The highest BCUT2D eigenvalue weighted by Gasteiger charge is 2.14. The Bertz CT molecular complexity index is 954. The lowest BCUT2D eigenvalue weighted by Gasteiger charge is -2.09. The van der Waals surface area contributed by atoms with Gasteiger partial charge in [-0.15, -0.1) is 0 Å². The molecule has 0 aliphatic rings. The molecule has 0 radical (unpaired) electrons. The Kier molecular flexibility index (Phi) is 5.25. The molecule has 3 aromatic rings. The predicted octanol–water partition coefficient (Wildman–Crippen LogP) is 2.85. The van der Waals surface area contributed by atoms with Crippen molar-refractivity contribution in [3.63, 3.8) is 0 Å². The predicted molar refractivity (Wildman–Crippen MR) is 95.1 cm³/mol. The average Bonchev–Trinajstić information content (AvgIpc) is 3.23. The second-order valence-corrected chi connectivity index (χ2v) is 5.92. The summed E-state index contributed by atoms with van der Waals surface area (Å²) in [5.41, 5.74) is 7.05. The molecule has 2 heterocycles. The fourth-order valence-corrected chi connectivity index (χ4v) is 2.46. The van der Waals surface area contributed by atoms with Crippen LogP contribution in [0.4, 0.5) is 0 Å². The van der Waals surface area contributed by atoms with E-state index < -0.39 is 11.8 Å². The first-order chi connectivity index (χ1) is 13.0. The molecule has 27 heavy (non-hydrogen) atoms. The Morgan fingerprint density at radius 3 is 2.52 bits per heavy atom. The molecule has 8 heteroatoms. The fourth-order valence-electron chi connectivity index (χ4n) is 2.46. The summed E-state index contributed by atoms with van der Waals surface area (Å²) in [5.74, 6) is 0.752. The molecule has 140 valence electrons. The largest absolute Gasteiger partial charge is 0.489 e. The van der Waals surface area contributed by atoms with Gasteiger partial charge in [-0.25, -0.2) is 0 Å². The molecule has 0 saturated heterocycles. The monoisotopic (exact) mass is 369 g/mol. The van der Waals surface area contributed by atoms with Gasteiger partial charge in [-0.3, -0.25) is 20.4 Å². The Morgan fingerprint density at radius 1 is 1.07 bits per heavy atom. The van der Waals surface area contributed by atoms with E-state index in [-0.39, 0.29) is 6.61 Å². The summed E-state index contributed by atoms with van der Waals surface area (Å²) in [4.78, 5) is 24.3. The highest BCUT2D eigenvalue weighted by atomic mass is 16.5. The first-order valence-electron chi connectivity index (χ1n) is 8.25. The number of ether oxygens (including phenoxy) is 1. The Morgan fingerprint density at radius 2 is 1.85 bits per heavy atom. The van der Waals surface area contributed by atoms with Gasteiger partial charge in [0.05, 0.1) is 23.1 Å². The third-order valence-corrected chi connectivity index (χ3v) is 4.05. The van der Waals surface area contributed by atoms with Crippen LogP contribution >= 0.6 is 0 Å². The topological polar surface area (TPSA) is 107 Å². The van der Waals surface area contributed by atoms with E-state index in [0.29, 0.717) is 28.4 Å². The first-order valence-corrected chi connectivity index (χ1v) is 8.25. The average molecular weight is 369 g/mol. The van der Waals surface area contributed by atoms with Gasteiger partial charge in [0.2, 0.25) is 0 Å². The molecule has 0 spiro atoms. The van der Waals surface area contributed by atoms with Crippen molar-refractivity contribution in [1.29, 1.82) is 0 Å². The molecule has 0 bridgehead atoms. The summed E-state index contributed by atoms with van der Waals surface area (Å²) in [6, 6.07) is 8.16. The molecule has 1 aromatic carbocycles. The lowest BCUT2D eigenvalue weighted by Crippen LogP contribution is -2.41. The number of furan rings is 1. The van der Waals surface area contributed by atoms with Crippen molar-refractivity contribution in [3.8, 4) is 5.75 Å². The minimum absolute atomic E-state index is 0.280. The quantitative estimate of drug-likeness (QED) is 0.670. The number of rotatable bonds is 5. The smallest absolute Gasteiger partial charge is 0.273 e. The van der Waals surface area contributed by atoms with E-state index in [4.69, 9.17) is 13.7 Å². The molecule has 0 aliphatic carbocycles. The maximum Gasteiger partial charge on any atom is 0.273 e. The maximum absolute atomic E-state index is 12.3. The lowest BCUT2D eigenvalue weighted by atomic mass is 10.2. The number of benzene rings is 1. The van der Waals surface area contributed by atoms with Crippen molar-refractivity contribution in [1.82, 2.24) is 16.0 Å². The second kappa shape index (κ2) is 7.77. The van der Waals surface area contributed by atoms with Crippen LogP contribution < -0.4 is 15.6 Å². The van der Waals surface area contributed by atoms with Gasteiger partial charge in [0.25, 0.3) is 11.8 Å². The molecule has 2 aromatic heterocycles. The van der Waals surface area contributed by atoms with Crippen molar-refractivity contribution < 1.29 is 23.3 Å². The van der Waals surface area contributed by atoms with Crippen LogP contribution in [0, 0.1) is 20.8 Å². The van der Waals surface area contributed by atoms with E-state index in [9.17, 15) is 9.59 Å². The van der Waals surface area contributed by atoms with Crippen molar-refractivity contribution in [2.45, 2.75) is 27.4 Å². The van der Waals surface area contributed by atoms with Gasteiger partial charge in [0.15, 0.2) is 0 Å². The maximum atomic E-state index is 12.3. The van der Waals surface area contributed by atoms with E-state index in [1.165, 1.54) is 12.3 Å². The SMILES string of the molecule is Cc1noc(C)c1COc1cccc(C(=O)NNC(=O)c2ccoc2C)c1. The van der Waals surface area contributed by atoms with Crippen LogP contribution in [-0.2, 0) is 6.61 Å². The molecule has 8 nitrogen and oxygen atoms in total. The molecular weight excluding hydrogens is 350 g/mol. The minimum Gasteiger partial charge on any atom is -0.489 e. The van der Waals surface area contributed by atoms with Crippen molar-refractivity contribution in [2.75, 3.05) is 0 Å². The highest BCUT2D eigenvalue weighted by Crippen LogP contribution is 2.18. The van der Waals surface area contributed by atoms with Gasteiger partial charge in [-0.05, 0) is 45.0 Å². The van der Waals surface area contributed by atoms with Crippen LogP contribution in [0.1, 0.15) is 43.5 Å². The molecule has 0 saturated carbocycles. The standard InChI is InChI=1S/C19H19N3O5/c1-11-17(13(3)27-22-11)10-26-15-6-4-5-14(9-15)18(23)20-21-19(24)16-7-8-25-12(16)2/h4-9H,10H2,1-3H3,(H,20,23)(H,21,24). The molecule has 2 N–H and O–H groups in total. The number of aromatic nitrogens is 1. The molecule has 0 unspecified atom stereocenters. The number of hydrogen-bond donors (Lipinski definition) is 2. The third kappa shape index (κ3) is 4.17. The van der Waals surface area contributed by atoms with Crippen LogP contribution in [0.15, 0.2) is 45.5 Å². The number of nitrogens with zero attached hydrogens (tertiary/aromatic N) is 1. The number of carbonyl (C=O) groups excluding carboxylic acids is 2. The number of carbonyl (C=O) groups is 2. The molecule has 3 rings (SSSR count). The van der Waals surface area contributed by atoms with E-state index in [2.05, 4.69) is 16.0 Å². The zero-order valence-electron chi connectivity index (χ0n) is 15.2. The Labute approximate surface area is 155 Å². The Balaban J connectivity index is 1.60. The van der Waals surface area contributed by atoms with Crippen LogP contribution in [-0.4, -0.2) is 17.0 Å². The van der Waals surface area contributed by atoms with Crippen molar-refractivity contribution in [3.05, 3.63) is 70.5 Å². The van der Waals surface area contributed by atoms with E-state index in [1.54, 1.807) is 31.2 Å². The highest BCUT2D eigenvalue weighted by molar-refractivity contribution is 5.99. The van der Waals surface area contributed by atoms with Crippen molar-refractivity contribution >= 4 is 11.8 Å². The van der Waals surface area contributed by atoms with Crippen LogP contribution in [0.3, 0.4) is 0 Å². The number of amides is 2. The Hall–Kier alpha value is -3.55. The molecular formula is C19H19N3O5. The van der Waals surface area contributed by atoms with Gasteiger partial charge >= 0.3 is 0 Å². The molecule has 0 aliphatic heterocycles. The lowest BCUT2D eigenvalue weighted by molar-refractivity contribution is 0.0845. The molecule has 0 atom stereocenters.